The molecule has 5 atom stereocenters. The lowest BCUT2D eigenvalue weighted by Crippen LogP contribution is -2.51. The van der Waals surface area contributed by atoms with Gasteiger partial charge in [-0.1, -0.05) is 49.3 Å². The van der Waals surface area contributed by atoms with Crippen LogP contribution in [0.5, 0.6) is 0 Å². The number of alkyl carbamates (subject to hydrolysis) is 1. The Hall–Kier alpha value is -3.08. The summed E-state index contributed by atoms with van der Waals surface area (Å²) >= 11 is 0. The number of hydrogen-bond acceptors (Lipinski definition) is 11. The topological polar surface area (TPSA) is 175 Å². The van der Waals surface area contributed by atoms with Crippen LogP contribution < -0.4 is 5.32 Å². The molecule has 0 unspecified atom stereocenters. The maximum Gasteiger partial charge on any atom is 0.407 e. The molecule has 0 aliphatic carbocycles. The third-order valence-corrected chi connectivity index (χ3v) is 10.4. The molecule has 246 valence electrons. The Morgan fingerprint density at radius 3 is 2.58 bits per heavy atom. The summed E-state index contributed by atoms with van der Waals surface area (Å²) in [6.45, 7) is 4.17. The van der Waals surface area contributed by atoms with Gasteiger partial charge in [-0.2, -0.15) is 4.31 Å². The van der Waals surface area contributed by atoms with E-state index in [1.807, 2.05) is 44.2 Å². The van der Waals surface area contributed by atoms with Crippen molar-refractivity contribution in [3.05, 3.63) is 59.8 Å². The summed E-state index contributed by atoms with van der Waals surface area (Å²) in [5.41, 5.74) is 1.18. The molecular weight excluding hydrogens is 626 g/mol. The maximum absolute atomic E-state index is 14.0. The SMILES string of the molecule is CC(C)CN(C[C@@H](O)[C@H](Cc1ccccc1)NC(=O)O[C@H]1CO[C@H]2OCC[C@H]21)S(=O)(=O)c1ccc2onc(CS(C)(=O)=O)c2c1. The van der Waals surface area contributed by atoms with E-state index in [9.17, 15) is 26.7 Å². The van der Waals surface area contributed by atoms with E-state index in [4.69, 9.17) is 18.7 Å². The van der Waals surface area contributed by atoms with Gasteiger partial charge in [-0.3, -0.25) is 0 Å². The average molecular weight is 666 g/mol. The van der Waals surface area contributed by atoms with Crippen molar-refractivity contribution >= 4 is 36.9 Å². The number of aromatic nitrogens is 1. The maximum atomic E-state index is 14.0. The number of sulfonamides is 1. The highest BCUT2D eigenvalue weighted by molar-refractivity contribution is 7.90. The molecule has 2 aliphatic rings. The molecule has 1 amide bonds. The first-order valence-corrected chi connectivity index (χ1v) is 18.3. The zero-order valence-corrected chi connectivity index (χ0v) is 27.0. The van der Waals surface area contributed by atoms with E-state index in [1.54, 1.807) is 0 Å². The third-order valence-electron chi connectivity index (χ3n) is 7.82. The van der Waals surface area contributed by atoms with Crippen LogP contribution >= 0.6 is 0 Å². The van der Waals surface area contributed by atoms with Gasteiger partial charge in [-0.15, -0.1) is 0 Å². The Morgan fingerprint density at radius 2 is 1.87 bits per heavy atom. The van der Waals surface area contributed by atoms with Crippen LogP contribution in [-0.2, 0) is 46.2 Å². The average Bonchev–Trinajstić information content (AvgIpc) is 3.69. The van der Waals surface area contributed by atoms with Crippen molar-refractivity contribution in [2.75, 3.05) is 32.6 Å². The predicted molar refractivity (Wildman–Crippen MR) is 163 cm³/mol. The number of carbonyl (C=O) groups is 1. The molecule has 2 fully saturated rings. The van der Waals surface area contributed by atoms with E-state index in [2.05, 4.69) is 10.5 Å². The summed E-state index contributed by atoms with van der Waals surface area (Å²) in [5.74, 6) is -0.593. The van der Waals surface area contributed by atoms with Crippen LogP contribution in [0.1, 0.15) is 31.5 Å². The number of benzene rings is 2. The minimum Gasteiger partial charge on any atom is -0.443 e. The van der Waals surface area contributed by atoms with Gasteiger partial charge in [0, 0.05) is 24.7 Å². The highest BCUT2D eigenvalue weighted by Gasteiger charge is 2.44. The minimum absolute atomic E-state index is 0.0689. The number of fused-ring (bicyclic) bond motifs is 2. The van der Waals surface area contributed by atoms with Gasteiger partial charge in [0.1, 0.15) is 11.8 Å². The normalized spacial score (nSPS) is 21.7. The number of aliphatic hydroxyl groups is 1. The lowest BCUT2D eigenvalue weighted by molar-refractivity contribution is -0.0907. The van der Waals surface area contributed by atoms with Crippen molar-refractivity contribution in [3.63, 3.8) is 0 Å². The molecule has 13 nitrogen and oxygen atoms in total. The van der Waals surface area contributed by atoms with Gasteiger partial charge in [0.05, 0.1) is 41.9 Å². The Labute approximate surface area is 262 Å². The number of nitrogens with zero attached hydrogens (tertiary/aromatic N) is 2. The number of ether oxygens (including phenoxy) is 3. The molecule has 2 aromatic carbocycles. The second kappa shape index (κ2) is 13.7. The van der Waals surface area contributed by atoms with E-state index in [0.29, 0.717) is 13.0 Å². The highest BCUT2D eigenvalue weighted by atomic mass is 32.2. The van der Waals surface area contributed by atoms with Gasteiger partial charge in [0.25, 0.3) is 0 Å². The third kappa shape index (κ3) is 8.20. The van der Waals surface area contributed by atoms with Crippen molar-refractivity contribution in [1.29, 1.82) is 0 Å². The molecule has 0 bridgehead atoms. The van der Waals surface area contributed by atoms with Gasteiger partial charge < -0.3 is 29.2 Å². The molecule has 0 spiro atoms. The summed E-state index contributed by atoms with van der Waals surface area (Å²) in [4.78, 5) is 13.0. The van der Waals surface area contributed by atoms with Gasteiger partial charge in [-0.25, -0.2) is 21.6 Å². The number of hydrogen-bond donors (Lipinski definition) is 2. The summed E-state index contributed by atoms with van der Waals surface area (Å²) in [5, 5.41) is 18.4. The number of aliphatic hydroxyl groups excluding tert-OH is 1. The molecule has 2 saturated heterocycles. The van der Waals surface area contributed by atoms with Gasteiger partial charge in [0.2, 0.25) is 10.0 Å². The monoisotopic (exact) mass is 665 g/mol. The Morgan fingerprint density at radius 1 is 1.11 bits per heavy atom. The highest BCUT2D eigenvalue weighted by Crippen LogP contribution is 2.33. The van der Waals surface area contributed by atoms with Crippen LogP contribution in [0.2, 0.25) is 0 Å². The van der Waals surface area contributed by atoms with Crippen molar-refractivity contribution in [2.24, 2.45) is 11.8 Å². The number of rotatable bonds is 13. The lowest BCUT2D eigenvalue weighted by Gasteiger charge is -2.31. The van der Waals surface area contributed by atoms with E-state index < -0.39 is 56.2 Å². The second-order valence-electron chi connectivity index (χ2n) is 12.0. The molecule has 0 saturated carbocycles. The Kier molecular flexibility index (Phi) is 10.2. The summed E-state index contributed by atoms with van der Waals surface area (Å²) in [6.07, 6.45) is -0.995. The van der Waals surface area contributed by atoms with Crippen LogP contribution in [0.25, 0.3) is 11.0 Å². The molecule has 2 N–H and O–H groups in total. The van der Waals surface area contributed by atoms with Crippen molar-refractivity contribution in [3.8, 4) is 0 Å². The first-order chi connectivity index (χ1) is 21.3. The molecule has 1 aromatic heterocycles. The van der Waals surface area contributed by atoms with Gasteiger partial charge >= 0.3 is 6.09 Å². The molecule has 3 aromatic rings. The van der Waals surface area contributed by atoms with Crippen LogP contribution in [-0.4, -0.2) is 94.6 Å². The first kappa shape index (κ1) is 33.3. The zero-order chi connectivity index (χ0) is 32.4. The summed E-state index contributed by atoms with van der Waals surface area (Å²) in [6, 6.07) is 12.4. The van der Waals surface area contributed by atoms with E-state index >= 15 is 0 Å². The number of amides is 1. The molecule has 3 heterocycles. The fraction of sp³-hybridized carbons (Fsp3) is 0.533. The van der Waals surface area contributed by atoms with Crippen LogP contribution in [0.3, 0.4) is 0 Å². The predicted octanol–water partition coefficient (Wildman–Crippen LogP) is 2.48. The molecule has 2 aliphatic heterocycles. The van der Waals surface area contributed by atoms with E-state index in [0.717, 1.165) is 11.8 Å². The van der Waals surface area contributed by atoms with Gasteiger partial charge in [0.15, 0.2) is 21.7 Å². The largest absolute Gasteiger partial charge is 0.443 e. The quantitative estimate of drug-likeness (QED) is 0.275. The van der Waals surface area contributed by atoms with Crippen molar-refractivity contribution < 1.29 is 45.5 Å². The van der Waals surface area contributed by atoms with Crippen LogP contribution in [0.15, 0.2) is 57.9 Å². The first-order valence-electron chi connectivity index (χ1n) is 14.8. The van der Waals surface area contributed by atoms with Crippen molar-refractivity contribution in [2.45, 2.75) is 61.9 Å². The lowest BCUT2D eigenvalue weighted by atomic mass is 10.0. The number of nitrogens with one attached hydrogen (secondary N) is 1. The molecule has 5 rings (SSSR count). The Balaban J connectivity index is 1.38. The smallest absolute Gasteiger partial charge is 0.407 e. The number of sulfone groups is 1. The Bertz CT molecular complexity index is 1690. The summed E-state index contributed by atoms with van der Waals surface area (Å²) < 4.78 is 75.0. The van der Waals surface area contributed by atoms with E-state index in [-0.39, 0.29) is 59.5 Å². The van der Waals surface area contributed by atoms with Crippen LogP contribution in [0.4, 0.5) is 4.79 Å². The molecule has 15 heteroatoms. The molecule has 45 heavy (non-hydrogen) atoms. The summed E-state index contributed by atoms with van der Waals surface area (Å²) in [7, 11) is -7.67. The zero-order valence-electron chi connectivity index (χ0n) is 25.4. The fourth-order valence-corrected chi connectivity index (χ4v) is 8.02. The molecule has 0 radical (unpaired) electrons. The van der Waals surface area contributed by atoms with E-state index in [1.165, 1.54) is 22.5 Å². The second-order valence-corrected chi connectivity index (χ2v) is 16.1. The fourth-order valence-electron chi connectivity index (χ4n) is 5.67. The number of carbonyl (C=O) groups excluding carboxylic acids is 1. The molecular formula is C30H39N3O10S2. The van der Waals surface area contributed by atoms with Crippen LogP contribution in [0, 0.1) is 11.8 Å². The minimum atomic E-state index is -4.20. The van der Waals surface area contributed by atoms with Gasteiger partial charge in [-0.05, 0) is 42.5 Å². The van der Waals surface area contributed by atoms with Crippen molar-refractivity contribution in [1.82, 2.24) is 14.8 Å². The standard InChI is InChI=1S/C30H39N3O10S2/c1-19(2)15-33(45(38,39)21-9-10-27-23(14-21)25(32-43-27)18-44(3,36)37)16-26(34)24(13-20-7-5-4-6-8-20)31-30(35)42-28-17-41-29-22(28)11-12-40-29/h4-10,14,19,22,24,26,28-29,34H,11-13,15-18H2,1-3H3,(H,31,35)/t22-,24-,26+,28-,29+/m0/s1.